The summed E-state index contributed by atoms with van der Waals surface area (Å²) in [6, 6.07) is 14.4. The molecule has 0 saturated heterocycles. The molecule has 0 fully saturated rings. The van der Waals surface area contributed by atoms with E-state index in [-0.39, 0.29) is 6.03 Å². The number of fused-ring (bicyclic) bond motifs is 4. The van der Waals surface area contributed by atoms with Gasteiger partial charge < -0.3 is 20.9 Å². The molecule has 1 aliphatic rings. The number of anilines is 4. The predicted octanol–water partition coefficient (Wildman–Crippen LogP) is 4.59. The second kappa shape index (κ2) is 9.45. The Hall–Kier alpha value is -3.66. The number of hydrogen-bond acceptors (Lipinski definition) is 7. The molecular weight excluding hydrogens is 438 g/mol. The first-order valence-corrected chi connectivity index (χ1v) is 12.4. The third kappa shape index (κ3) is 5.40. The minimum absolute atomic E-state index is 0.193. The number of carbonyl (C=O) groups excluding carboxylic acids is 1. The molecule has 1 unspecified atom stereocenters. The average molecular weight is 466 g/mol. The summed E-state index contributed by atoms with van der Waals surface area (Å²) in [4.78, 5) is 23.0. The summed E-state index contributed by atoms with van der Waals surface area (Å²) in [5.41, 5.74) is 3.13. The first-order chi connectivity index (χ1) is 15.8. The fourth-order valence-corrected chi connectivity index (χ4v) is 4.88. The van der Waals surface area contributed by atoms with Gasteiger partial charge in [0.05, 0.1) is 9.73 Å². The van der Waals surface area contributed by atoms with Crippen molar-refractivity contribution in [3.8, 4) is 11.1 Å². The highest BCUT2D eigenvalue weighted by molar-refractivity contribution is 7.92. The summed E-state index contributed by atoms with van der Waals surface area (Å²) in [5.74, 6) is 1.40. The lowest BCUT2D eigenvalue weighted by Crippen LogP contribution is -2.27. The molecule has 1 aromatic heterocycles. The number of aromatic nitrogens is 2. The highest BCUT2D eigenvalue weighted by Crippen LogP contribution is 2.29. The minimum Gasteiger partial charge on any atom is -0.369 e. The van der Waals surface area contributed by atoms with E-state index in [2.05, 4.69) is 25.9 Å². The number of carbonyl (C=O) groups is 1. The number of rotatable bonds is 2. The molecule has 3 aromatic rings. The van der Waals surface area contributed by atoms with Crippen molar-refractivity contribution in [3.05, 3.63) is 54.7 Å². The Morgan fingerprint density at radius 1 is 1.15 bits per heavy atom. The zero-order chi connectivity index (χ0) is 23.4. The van der Waals surface area contributed by atoms with Gasteiger partial charge >= 0.3 is 6.03 Å². The van der Waals surface area contributed by atoms with Crippen LogP contribution in [0.3, 0.4) is 0 Å². The molecule has 0 saturated carbocycles. The maximum Gasteiger partial charge on any atom is 0.321 e. The summed E-state index contributed by atoms with van der Waals surface area (Å²) < 4.78 is 21.1. The molecule has 0 radical (unpaired) electrons. The van der Waals surface area contributed by atoms with Crippen LogP contribution in [0.5, 0.6) is 0 Å². The molecule has 9 nitrogen and oxygen atoms in total. The molecule has 0 aliphatic carbocycles. The predicted molar refractivity (Wildman–Crippen MR) is 132 cm³/mol. The van der Waals surface area contributed by atoms with E-state index in [0.717, 1.165) is 17.5 Å². The number of urea groups is 1. The van der Waals surface area contributed by atoms with Gasteiger partial charge in [0.2, 0.25) is 5.95 Å². The summed E-state index contributed by atoms with van der Waals surface area (Å²) in [6.45, 7) is 0.632. The maximum atomic E-state index is 12.8. The Bertz CT molecular complexity index is 1260. The van der Waals surface area contributed by atoms with Crippen LogP contribution in [0.2, 0.25) is 0 Å². The van der Waals surface area contributed by atoms with E-state index >= 15 is 0 Å². The van der Waals surface area contributed by atoms with Crippen LogP contribution in [0, 0.1) is 4.78 Å². The molecule has 33 heavy (non-hydrogen) atoms. The molecule has 1 atom stereocenters. The second-order valence-corrected chi connectivity index (χ2v) is 10.3. The maximum absolute atomic E-state index is 12.8. The Labute approximate surface area is 193 Å². The molecular formula is C23H27N7O2S. The first-order valence-electron chi connectivity index (χ1n) is 10.6. The smallest absolute Gasteiger partial charge is 0.321 e. The molecule has 1 aliphatic heterocycles. The zero-order valence-corrected chi connectivity index (χ0v) is 19.4. The van der Waals surface area contributed by atoms with Crippen LogP contribution in [0.25, 0.3) is 11.1 Å². The number of amides is 2. The van der Waals surface area contributed by atoms with Crippen molar-refractivity contribution in [1.29, 1.82) is 4.78 Å². The zero-order valence-electron chi connectivity index (χ0n) is 18.6. The third-order valence-corrected chi connectivity index (χ3v) is 7.14. The van der Waals surface area contributed by atoms with Crippen LogP contribution in [0.15, 0.2) is 59.6 Å². The minimum atomic E-state index is -2.85. The van der Waals surface area contributed by atoms with E-state index in [1.165, 1.54) is 4.90 Å². The fourth-order valence-electron chi connectivity index (χ4n) is 3.42. The molecule has 2 aromatic carbocycles. The van der Waals surface area contributed by atoms with E-state index in [4.69, 9.17) is 4.78 Å². The molecule has 172 valence electrons. The Morgan fingerprint density at radius 2 is 1.94 bits per heavy atom. The summed E-state index contributed by atoms with van der Waals surface area (Å²) >= 11 is 0. The lowest BCUT2D eigenvalue weighted by atomic mass is 10.1. The van der Waals surface area contributed by atoms with Crippen LogP contribution >= 0.6 is 0 Å². The second-order valence-electron chi connectivity index (χ2n) is 8.02. The standard InChI is InChI=1S/C23H27N7O2S/c1-30(2)23(31)28-17-10-8-16(9-11-17)20-15-26-22-27-18-6-5-7-19(14-18)33(24,32)13-4-3-12-25-21(20)29-22/h5-11,14-15,24H,3-4,12-13H2,1-2H3,(H,28,31)(H2,25,26,27,29). The summed E-state index contributed by atoms with van der Waals surface area (Å²) in [5, 5.41) is 9.34. The fraction of sp³-hybridized carbons (Fsp3) is 0.261. The highest BCUT2D eigenvalue weighted by Gasteiger charge is 2.14. The van der Waals surface area contributed by atoms with Crippen molar-refractivity contribution < 1.29 is 9.00 Å². The molecule has 2 heterocycles. The van der Waals surface area contributed by atoms with Gasteiger partial charge in [-0.1, -0.05) is 18.2 Å². The molecule has 10 heteroatoms. The topological polar surface area (TPSA) is 123 Å². The van der Waals surface area contributed by atoms with E-state index < -0.39 is 9.73 Å². The summed E-state index contributed by atoms with van der Waals surface area (Å²) in [7, 11) is 0.531. The van der Waals surface area contributed by atoms with Crippen molar-refractivity contribution in [2.75, 3.05) is 42.3 Å². The van der Waals surface area contributed by atoms with Crippen LogP contribution in [-0.4, -0.2) is 51.5 Å². The Balaban J connectivity index is 1.64. The molecule has 4 rings (SSSR count). The highest BCUT2D eigenvalue weighted by atomic mass is 32.2. The van der Waals surface area contributed by atoms with Gasteiger partial charge in [0.25, 0.3) is 0 Å². The largest absolute Gasteiger partial charge is 0.369 e. The van der Waals surface area contributed by atoms with Gasteiger partial charge in [-0.05, 0) is 48.7 Å². The number of hydrogen-bond donors (Lipinski definition) is 4. The van der Waals surface area contributed by atoms with Gasteiger partial charge in [-0.2, -0.15) is 4.98 Å². The Morgan fingerprint density at radius 3 is 2.70 bits per heavy atom. The molecule has 0 spiro atoms. The van der Waals surface area contributed by atoms with Crippen LogP contribution < -0.4 is 16.0 Å². The normalized spacial score (nSPS) is 17.9. The van der Waals surface area contributed by atoms with Gasteiger partial charge in [-0.15, -0.1) is 0 Å². The van der Waals surface area contributed by atoms with Crippen LogP contribution in [-0.2, 0) is 9.73 Å². The van der Waals surface area contributed by atoms with Crippen molar-refractivity contribution in [2.45, 2.75) is 17.7 Å². The SMILES string of the molecule is CN(C)C(=O)Nc1ccc(-c2cnc3nc2NCCCCS(=N)(=O)c2cccc(c2)N3)cc1. The van der Waals surface area contributed by atoms with Gasteiger partial charge in [0.15, 0.2) is 0 Å². The van der Waals surface area contributed by atoms with Gasteiger partial charge in [0.1, 0.15) is 5.82 Å². The Kier molecular flexibility index (Phi) is 6.45. The number of benzene rings is 2. The van der Waals surface area contributed by atoms with Crippen molar-refractivity contribution in [3.63, 3.8) is 0 Å². The average Bonchev–Trinajstić information content (AvgIpc) is 2.79. The van der Waals surface area contributed by atoms with E-state index in [1.807, 2.05) is 30.3 Å². The van der Waals surface area contributed by atoms with Crippen LogP contribution in [0.1, 0.15) is 12.8 Å². The lowest BCUT2D eigenvalue weighted by Gasteiger charge is -2.14. The van der Waals surface area contributed by atoms with Gasteiger partial charge in [-0.3, -0.25) is 0 Å². The molecule has 4 bridgehead atoms. The summed E-state index contributed by atoms with van der Waals surface area (Å²) in [6.07, 6.45) is 3.18. The van der Waals surface area contributed by atoms with Crippen molar-refractivity contribution in [2.24, 2.45) is 0 Å². The third-order valence-electron chi connectivity index (χ3n) is 5.26. The van der Waals surface area contributed by atoms with Crippen molar-refractivity contribution in [1.82, 2.24) is 14.9 Å². The molecule has 2 amide bonds. The number of nitrogens with zero attached hydrogens (tertiary/aromatic N) is 3. The number of nitrogens with one attached hydrogen (secondary N) is 4. The van der Waals surface area contributed by atoms with Crippen LogP contribution in [0.4, 0.5) is 27.9 Å². The van der Waals surface area contributed by atoms with E-state index in [0.29, 0.717) is 46.8 Å². The monoisotopic (exact) mass is 465 g/mol. The van der Waals surface area contributed by atoms with Gasteiger partial charge in [0, 0.05) is 54.4 Å². The molecule has 4 N–H and O–H groups in total. The van der Waals surface area contributed by atoms with Crippen molar-refractivity contribution >= 4 is 38.9 Å². The first kappa shape index (κ1) is 22.5. The lowest BCUT2D eigenvalue weighted by molar-refractivity contribution is 0.230. The van der Waals surface area contributed by atoms with E-state index in [1.54, 1.807) is 38.5 Å². The quantitative estimate of drug-likeness (QED) is 0.439. The van der Waals surface area contributed by atoms with E-state index in [9.17, 15) is 9.00 Å². The van der Waals surface area contributed by atoms with Gasteiger partial charge in [-0.25, -0.2) is 18.8 Å².